The average molecular weight is 282 g/mol. The predicted octanol–water partition coefficient (Wildman–Crippen LogP) is 5.15. The maximum Gasteiger partial charge on any atom is 0.133 e. The predicted molar refractivity (Wildman–Crippen MR) is 85.0 cm³/mol. The maximum atomic E-state index is 9.38. The fourth-order valence-electron chi connectivity index (χ4n) is 4.68. The highest BCUT2D eigenvalue weighted by atomic mass is 14.7. The van der Waals surface area contributed by atoms with Crippen molar-refractivity contribution in [3.8, 4) is 12.1 Å². The number of nitrogens with zero attached hydrogens (tertiary/aromatic N) is 2. The van der Waals surface area contributed by atoms with Crippen molar-refractivity contribution in [2.45, 2.75) is 61.3 Å². The largest absolute Gasteiger partial charge is 0.192 e. The van der Waals surface area contributed by atoms with Gasteiger partial charge in [0, 0.05) is 5.41 Å². The summed E-state index contributed by atoms with van der Waals surface area (Å²) in [5, 5.41) is 18.8. The summed E-state index contributed by atoms with van der Waals surface area (Å²) in [6, 6.07) is 4.25. The van der Waals surface area contributed by atoms with Crippen molar-refractivity contribution >= 4 is 0 Å². The molecular weight excluding hydrogens is 256 g/mol. The molecule has 0 radical (unpaired) electrons. The van der Waals surface area contributed by atoms with Crippen molar-refractivity contribution in [3.05, 3.63) is 22.8 Å². The smallest absolute Gasteiger partial charge is 0.133 e. The zero-order chi connectivity index (χ0) is 16.3. The van der Waals surface area contributed by atoms with Crippen molar-refractivity contribution in [2.24, 2.45) is 21.7 Å². The SMILES string of the molecule is CC(C)(C)C1=CC(=C(C#N)C#N)C2(C)CCC1(C)C2(C)C. The second-order valence-electron chi connectivity index (χ2n) is 8.61. The van der Waals surface area contributed by atoms with E-state index in [1.54, 1.807) is 0 Å². The van der Waals surface area contributed by atoms with Crippen LogP contribution >= 0.6 is 0 Å². The van der Waals surface area contributed by atoms with E-state index in [0.717, 1.165) is 18.4 Å². The van der Waals surface area contributed by atoms with E-state index in [9.17, 15) is 10.5 Å². The maximum absolute atomic E-state index is 9.38. The topological polar surface area (TPSA) is 47.6 Å². The zero-order valence-corrected chi connectivity index (χ0v) is 14.4. The number of allylic oxidation sites excluding steroid dienone is 4. The van der Waals surface area contributed by atoms with Crippen LogP contribution in [0.3, 0.4) is 0 Å². The van der Waals surface area contributed by atoms with Gasteiger partial charge in [-0.1, -0.05) is 60.1 Å². The summed E-state index contributed by atoms with van der Waals surface area (Å²) in [4.78, 5) is 0. The molecule has 0 aliphatic heterocycles. The molecule has 2 unspecified atom stereocenters. The highest BCUT2D eigenvalue weighted by Gasteiger charge is 2.64. The second-order valence-corrected chi connectivity index (χ2v) is 8.61. The van der Waals surface area contributed by atoms with E-state index in [2.05, 4.69) is 66.7 Å². The fraction of sp³-hybridized carbons (Fsp3) is 0.684. The standard InChI is InChI=1S/C19H26N2/c1-16(2,3)15-10-14(13(11-20)12-21)18(6)8-9-19(15,7)17(18,4)5/h10H,8-9H2,1-7H3. The first-order valence-corrected chi connectivity index (χ1v) is 7.73. The van der Waals surface area contributed by atoms with E-state index in [4.69, 9.17) is 0 Å². The van der Waals surface area contributed by atoms with E-state index < -0.39 is 0 Å². The molecule has 2 atom stereocenters. The van der Waals surface area contributed by atoms with E-state index in [1.165, 1.54) is 5.57 Å². The van der Waals surface area contributed by atoms with Gasteiger partial charge in [-0.05, 0) is 34.7 Å². The molecule has 0 aromatic rings. The lowest BCUT2D eigenvalue weighted by atomic mass is 9.48. The molecule has 2 heteroatoms. The van der Waals surface area contributed by atoms with E-state index in [0.29, 0.717) is 0 Å². The van der Waals surface area contributed by atoms with Crippen molar-refractivity contribution in [2.75, 3.05) is 0 Å². The molecule has 0 N–H and O–H groups in total. The van der Waals surface area contributed by atoms with Gasteiger partial charge in [0.05, 0.1) is 0 Å². The Balaban J connectivity index is 2.90. The molecule has 112 valence electrons. The van der Waals surface area contributed by atoms with Crippen LogP contribution in [0.4, 0.5) is 0 Å². The summed E-state index contributed by atoms with van der Waals surface area (Å²) in [6.07, 6.45) is 4.34. The van der Waals surface area contributed by atoms with Crippen molar-refractivity contribution < 1.29 is 0 Å². The third kappa shape index (κ3) is 1.75. The van der Waals surface area contributed by atoms with Gasteiger partial charge in [-0.3, -0.25) is 0 Å². The molecule has 0 amide bonds. The molecular formula is C19H26N2. The number of hydrogen-bond acceptors (Lipinski definition) is 2. The summed E-state index contributed by atoms with van der Waals surface area (Å²) in [7, 11) is 0. The average Bonchev–Trinajstić information content (AvgIpc) is 2.49. The highest BCUT2D eigenvalue weighted by molar-refractivity contribution is 5.55. The number of nitriles is 2. The molecule has 2 nitrogen and oxygen atoms in total. The van der Waals surface area contributed by atoms with Gasteiger partial charge in [0.1, 0.15) is 17.7 Å². The second kappa shape index (κ2) is 4.23. The van der Waals surface area contributed by atoms with Crippen LogP contribution in [0.1, 0.15) is 61.3 Å². The summed E-state index contributed by atoms with van der Waals surface area (Å²) in [6.45, 7) is 15.9. The van der Waals surface area contributed by atoms with Gasteiger partial charge in [0.15, 0.2) is 0 Å². The Hall–Kier alpha value is -1.54. The Bertz CT molecular complexity index is 612. The number of rotatable bonds is 0. The lowest BCUT2D eigenvalue weighted by Crippen LogP contribution is -2.47. The van der Waals surface area contributed by atoms with E-state index >= 15 is 0 Å². The van der Waals surface area contributed by atoms with Gasteiger partial charge < -0.3 is 0 Å². The minimum atomic E-state index is -0.0999. The minimum absolute atomic E-state index is 0.0334. The molecule has 0 aromatic heterocycles. The lowest BCUT2D eigenvalue weighted by Gasteiger charge is -2.55. The zero-order valence-electron chi connectivity index (χ0n) is 14.4. The normalized spacial score (nSPS) is 34.0. The number of hydrogen-bond donors (Lipinski definition) is 0. The minimum Gasteiger partial charge on any atom is -0.192 e. The third-order valence-electron chi connectivity index (χ3n) is 6.66. The van der Waals surface area contributed by atoms with Gasteiger partial charge in [0.2, 0.25) is 0 Å². The summed E-state index contributed by atoms with van der Waals surface area (Å²) in [5.41, 5.74) is 2.73. The quantitative estimate of drug-likeness (QED) is 0.577. The third-order valence-corrected chi connectivity index (χ3v) is 6.66. The van der Waals surface area contributed by atoms with Crippen molar-refractivity contribution in [1.82, 2.24) is 0 Å². The van der Waals surface area contributed by atoms with Crippen LogP contribution < -0.4 is 0 Å². The Kier molecular flexibility index (Phi) is 3.19. The van der Waals surface area contributed by atoms with Crippen LogP contribution in [0.2, 0.25) is 0 Å². The molecule has 0 saturated heterocycles. The van der Waals surface area contributed by atoms with Gasteiger partial charge in [-0.2, -0.15) is 10.5 Å². The van der Waals surface area contributed by atoms with Gasteiger partial charge in [-0.15, -0.1) is 0 Å². The molecule has 21 heavy (non-hydrogen) atoms. The van der Waals surface area contributed by atoms with E-state index in [1.807, 2.05) is 0 Å². The molecule has 1 saturated carbocycles. The van der Waals surface area contributed by atoms with Crippen LogP contribution in [0.15, 0.2) is 22.8 Å². The Morgan fingerprint density at radius 3 is 1.90 bits per heavy atom. The summed E-state index contributed by atoms with van der Waals surface area (Å²) >= 11 is 0. The van der Waals surface area contributed by atoms with Crippen molar-refractivity contribution in [3.63, 3.8) is 0 Å². The summed E-state index contributed by atoms with van der Waals surface area (Å²) in [5.74, 6) is 0. The summed E-state index contributed by atoms with van der Waals surface area (Å²) < 4.78 is 0. The van der Waals surface area contributed by atoms with Crippen LogP contribution in [-0.4, -0.2) is 0 Å². The molecule has 0 aromatic carbocycles. The molecule has 2 aliphatic rings. The molecule has 2 aliphatic carbocycles. The molecule has 0 heterocycles. The first-order chi connectivity index (χ1) is 9.45. The Labute approximate surface area is 129 Å². The van der Waals surface area contributed by atoms with Crippen molar-refractivity contribution in [1.29, 1.82) is 10.5 Å². The monoisotopic (exact) mass is 282 g/mol. The molecule has 1 fully saturated rings. The van der Waals surface area contributed by atoms with Gasteiger partial charge in [-0.25, -0.2) is 0 Å². The van der Waals surface area contributed by atoms with E-state index in [-0.39, 0.29) is 27.2 Å². The lowest BCUT2D eigenvalue weighted by molar-refractivity contribution is 0.0547. The fourth-order valence-corrected chi connectivity index (χ4v) is 4.68. The molecule has 2 bridgehead atoms. The van der Waals surface area contributed by atoms with Gasteiger partial charge in [0.25, 0.3) is 0 Å². The van der Waals surface area contributed by atoms with Crippen LogP contribution in [-0.2, 0) is 0 Å². The number of fused-ring (bicyclic) bond motifs is 2. The van der Waals surface area contributed by atoms with Crippen LogP contribution in [0.25, 0.3) is 0 Å². The molecule has 2 rings (SSSR count). The highest BCUT2D eigenvalue weighted by Crippen LogP contribution is 2.73. The van der Waals surface area contributed by atoms with Crippen LogP contribution in [0.5, 0.6) is 0 Å². The molecule has 0 spiro atoms. The van der Waals surface area contributed by atoms with Crippen LogP contribution in [0, 0.1) is 44.3 Å². The Morgan fingerprint density at radius 2 is 1.48 bits per heavy atom. The van der Waals surface area contributed by atoms with Gasteiger partial charge >= 0.3 is 0 Å². The first kappa shape index (κ1) is 15.8. The first-order valence-electron chi connectivity index (χ1n) is 7.73. The Morgan fingerprint density at radius 1 is 1.00 bits per heavy atom.